The molecule has 0 aliphatic carbocycles. The van der Waals surface area contributed by atoms with Gasteiger partial charge in [-0.15, -0.1) is 0 Å². The number of aromatic nitrogens is 7. The third kappa shape index (κ3) is 3.21. The predicted octanol–water partition coefficient (Wildman–Crippen LogP) is 3.16. The molecule has 6 rings (SSSR count). The Balaban J connectivity index is 1.48. The summed E-state index contributed by atoms with van der Waals surface area (Å²) in [5.74, 6) is 0.0647. The number of aromatic amines is 2. The summed E-state index contributed by atoms with van der Waals surface area (Å²) in [5.41, 5.74) is 5.18. The van der Waals surface area contributed by atoms with Crippen LogP contribution in [0, 0.1) is 12.7 Å². The van der Waals surface area contributed by atoms with Crippen LogP contribution in [0.3, 0.4) is 0 Å². The molecule has 5 aromatic rings. The van der Waals surface area contributed by atoms with E-state index in [-0.39, 0.29) is 5.39 Å². The minimum Gasteiger partial charge on any atom is -0.367 e. The Kier molecular flexibility index (Phi) is 4.54. The Morgan fingerprint density at radius 3 is 2.64 bits per heavy atom. The van der Waals surface area contributed by atoms with Crippen molar-refractivity contribution in [2.45, 2.75) is 6.92 Å². The van der Waals surface area contributed by atoms with Gasteiger partial charge in [0.05, 0.1) is 11.1 Å². The molecule has 0 saturated carbocycles. The molecule has 0 aromatic carbocycles. The number of aryl methyl sites for hydroxylation is 1. The van der Waals surface area contributed by atoms with E-state index in [2.05, 4.69) is 52.0 Å². The average molecular weight is 443 g/mol. The monoisotopic (exact) mass is 443 g/mol. The molecule has 0 amide bonds. The highest BCUT2D eigenvalue weighted by Crippen LogP contribution is 2.34. The first kappa shape index (κ1) is 19.7. The van der Waals surface area contributed by atoms with Crippen LogP contribution in [0.2, 0.25) is 0 Å². The van der Waals surface area contributed by atoms with Gasteiger partial charge in [0.2, 0.25) is 0 Å². The number of H-pyrrole nitrogens is 2. The number of pyridine rings is 3. The Morgan fingerprint density at radius 2 is 1.82 bits per heavy atom. The van der Waals surface area contributed by atoms with Crippen LogP contribution in [-0.2, 0) is 0 Å². The number of anilines is 1. The minimum absolute atomic E-state index is 0.288. The number of halogens is 1. The molecule has 1 fully saturated rings. The fraction of sp³-hybridized carbons (Fsp3) is 0.261. The summed E-state index contributed by atoms with van der Waals surface area (Å²) in [6.45, 7) is 5.74. The number of likely N-dealkylation sites (N-methyl/N-ethyl adjacent to an activating group) is 1. The van der Waals surface area contributed by atoms with Crippen molar-refractivity contribution in [1.82, 2.24) is 40.0 Å². The first-order valence-electron chi connectivity index (χ1n) is 10.8. The SMILES string of the molecule is Cc1ccncc1-c1cnc2n[nH]c(-c3nc4nccc(N5CCN(C)CC5)c4[nH]3)c2c1F. The van der Waals surface area contributed by atoms with Gasteiger partial charge in [0.25, 0.3) is 0 Å². The molecule has 2 N–H and O–H groups in total. The van der Waals surface area contributed by atoms with Gasteiger partial charge in [0.1, 0.15) is 17.0 Å². The van der Waals surface area contributed by atoms with Gasteiger partial charge < -0.3 is 14.8 Å². The third-order valence-corrected chi connectivity index (χ3v) is 6.30. The zero-order valence-electron chi connectivity index (χ0n) is 18.3. The van der Waals surface area contributed by atoms with Crippen LogP contribution in [0.1, 0.15) is 5.56 Å². The van der Waals surface area contributed by atoms with Gasteiger partial charge in [-0.2, -0.15) is 5.10 Å². The summed E-state index contributed by atoms with van der Waals surface area (Å²) in [6.07, 6.45) is 6.59. The Hall–Kier alpha value is -3.92. The number of nitrogens with one attached hydrogen (secondary N) is 2. The minimum atomic E-state index is -0.410. The number of hydrogen-bond acceptors (Lipinski definition) is 7. The highest BCUT2D eigenvalue weighted by molar-refractivity contribution is 5.95. The summed E-state index contributed by atoms with van der Waals surface area (Å²) in [6, 6.07) is 3.84. The first-order valence-corrected chi connectivity index (χ1v) is 10.8. The molecule has 1 saturated heterocycles. The van der Waals surface area contributed by atoms with Gasteiger partial charge in [0, 0.05) is 62.1 Å². The summed E-state index contributed by atoms with van der Waals surface area (Å²) in [7, 11) is 2.13. The molecule has 10 heteroatoms. The van der Waals surface area contributed by atoms with Crippen molar-refractivity contribution in [2.75, 3.05) is 38.1 Å². The molecule has 5 aromatic heterocycles. The molecule has 6 heterocycles. The van der Waals surface area contributed by atoms with Crippen LogP contribution in [0.15, 0.2) is 36.9 Å². The molecule has 0 bridgehead atoms. The lowest BCUT2D eigenvalue weighted by Crippen LogP contribution is -2.44. The topological polar surface area (TPSA) is 103 Å². The summed E-state index contributed by atoms with van der Waals surface area (Å²) >= 11 is 0. The second-order valence-corrected chi connectivity index (χ2v) is 8.38. The van der Waals surface area contributed by atoms with E-state index in [1.807, 2.05) is 19.1 Å². The maximum absolute atomic E-state index is 15.8. The highest BCUT2D eigenvalue weighted by atomic mass is 19.1. The number of imidazole rings is 1. The molecule has 0 atom stereocenters. The Morgan fingerprint density at radius 1 is 0.970 bits per heavy atom. The van der Waals surface area contributed by atoms with E-state index in [0.717, 1.165) is 42.9 Å². The molecular formula is C23H22FN9. The molecule has 0 spiro atoms. The number of nitrogens with zero attached hydrogens (tertiary/aromatic N) is 7. The first-order chi connectivity index (χ1) is 16.1. The van der Waals surface area contributed by atoms with Gasteiger partial charge in [-0.1, -0.05) is 0 Å². The maximum atomic E-state index is 15.8. The van der Waals surface area contributed by atoms with Crippen LogP contribution in [0.5, 0.6) is 0 Å². The van der Waals surface area contributed by atoms with Crippen molar-refractivity contribution in [1.29, 1.82) is 0 Å². The lowest BCUT2D eigenvalue weighted by Gasteiger charge is -2.34. The number of fused-ring (bicyclic) bond motifs is 2. The van der Waals surface area contributed by atoms with Crippen molar-refractivity contribution >= 4 is 27.9 Å². The number of hydrogen-bond donors (Lipinski definition) is 2. The van der Waals surface area contributed by atoms with E-state index < -0.39 is 5.82 Å². The van der Waals surface area contributed by atoms with Gasteiger partial charge in [-0.25, -0.2) is 19.3 Å². The van der Waals surface area contributed by atoms with Gasteiger partial charge in [0.15, 0.2) is 17.1 Å². The van der Waals surface area contributed by atoms with E-state index in [1.165, 1.54) is 6.20 Å². The highest BCUT2D eigenvalue weighted by Gasteiger charge is 2.23. The zero-order chi connectivity index (χ0) is 22.5. The standard InChI is InChI=1S/C23H22FN9/c1-13-3-5-25-11-14(13)15-12-27-21-17(18(15)24)20(30-31-21)23-28-19-16(4-6-26-22(19)29-23)33-9-7-32(2)8-10-33/h3-6,11-12H,7-10H2,1-2H3,(H,26,28,29)(H,27,30,31). The summed E-state index contributed by atoms with van der Waals surface area (Å²) in [5, 5.41) is 7.42. The van der Waals surface area contributed by atoms with E-state index in [4.69, 9.17) is 0 Å². The van der Waals surface area contributed by atoms with Crippen molar-refractivity contribution in [3.8, 4) is 22.6 Å². The molecular weight excluding hydrogens is 421 g/mol. The lowest BCUT2D eigenvalue weighted by atomic mass is 10.0. The Labute approximate surface area is 188 Å². The van der Waals surface area contributed by atoms with Crippen molar-refractivity contribution in [2.24, 2.45) is 0 Å². The normalized spacial score (nSPS) is 15.1. The second kappa shape index (κ2) is 7.59. The molecule has 1 aliphatic rings. The number of rotatable bonds is 3. The van der Waals surface area contributed by atoms with E-state index in [0.29, 0.717) is 33.9 Å². The smallest absolute Gasteiger partial charge is 0.184 e. The van der Waals surface area contributed by atoms with Crippen LogP contribution >= 0.6 is 0 Å². The molecule has 0 unspecified atom stereocenters. The fourth-order valence-electron chi connectivity index (χ4n) is 4.38. The average Bonchev–Trinajstić information content (AvgIpc) is 3.45. The van der Waals surface area contributed by atoms with Gasteiger partial charge in [-0.05, 0) is 31.7 Å². The van der Waals surface area contributed by atoms with Crippen LogP contribution in [0.25, 0.3) is 44.8 Å². The van der Waals surface area contributed by atoms with Gasteiger partial charge >= 0.3 is 0 Å². The van der Waals surface area contributed by atoms with E-state index in [1.54, 1.807) is 18.6 Å². The molecule has 166 valence electrons. The Bertz CT molecular complexity index is 1480. The quantitative estimate of drug-likeness (QED) is 0.442. The zero-order valence-corrected chi connectivity index (χ0v) is 18.3. The van der Waals surface area contributed by atoms with Crippen molar-refractivity contribution in [3.63, 3.8) is 0 Å². The van der Waals surface area contributed by atoms with Crippen molar-refractivity contribution in [3.05, 3.63) is 48.3 Å². The number of piperazine rings is 1. The predicted molar refractivity (Wildman–Crippen MR) is 124 cm³/mol. The second-order valence-electron chi connectivity index (χ2n) is 8.38. The maximum Gasteiger partial charge on any atom is 0.184 e. The van der Waals surface area contributed by atoms with E-state index >= 15 is 4.39 Å². The fourth-order valence-corrected chi connectivity index (χ4v) is 4.38. The molecule has 9 nitrogen and oxygen atoms in total. The third-order valence-electron chi connectivity index (χ3n) is 6.30. The van der Waals surface area contributed by atoms with Gasteiger partial charge in [-0.3, -0.25) is 10.1 Å². The van der Waals surface area contributed by atoms with E-state index in [9.17, 15) is 0 Å². The molecule has 0 radical (unpaired) electrons. The van der Waals surface area contributed by atoms with Crippen molar-refractivity contribution < 1.29 is 4.39 Å². The largest absolute Gasteiger partial charge is 0.367 e. The lowest BCUT2D eigenvalue weighted by molar-refractivity contribution is 0.313. The summed E-state index contributed by atoms with van der Waals surface area (Å²) < 4.78 is 15.8. The van der Waals surface area contributed by atoms with Crippen LogP contribution < -0.4 is 4.90 Å². The summed E-state index contributed by atoms with van der Waals surface area (Å²) in [4.78, 5) is 25.6. The molecule has 33 heavy (non-hydrogen) atoms. The van der Waals surface area contributed by atoms with Crippen LogP contribution in [-0.4, -0.2) is 73.2 Å². The molecule has 1 aliphatic heterocycles. The van der Waals surface area contributed by atoms with Crippen LogP contribution in [0.4, 0.5) is 10.1 Å².